The van der Waals surface area contributed by atoms with Gasteiger partial charge in [0.1, 0.15) is 20.0 Å². The first-order chi connectivity index (χ1) is 9.19. The maximum atomic E-state index is 11.4. The largest absolute Gasteiger partial charge is 0.455 e. The zero-order chi connectivity index (χ0) is 15.4. The summed E-state index contributed by atoms with van der Waals surface area (Å²) < 4.78 is 5.26. The van der Waals surface area contributed by atoms with Gasteiger partial charge >= 0.3 is 5.97 Å². The normalized spacial score (nSPS) is 12.9. The molecule has 4 heteroatoms. The fourth-order valence-corrected chi connectivity index (χ4v) is 4.52. The minimum Gasteiger partial charge on any atom is -0.455 e. The Morgan fingerprint density at radius 1 is 1.20 bits per heavy atom. The SMILES string of the molecule is CC(=O)OC(C)(C)/C(C=O)=C/[Si](C)(C)c1ccccc1. The predicted octanol–water partition coefficient (Wildman–Crippen LogP) is 2.61. The lowest BCUT2D eigenvalue weighted by Crippen LogP contribution is -2.42. The van der Waals surface area contributed by atoms with Crippen molar-refractivity contribution in [3.63, 3.8) is 0 Å². The maximum Gasteiger partial charge on any atom is 0.303 e. The Kier molecular flexibility index (Phi) is 5.06. The summed E-state index contributed by atoms with van der Waals surface area (Å²) in [5.41, 5.74) is 1.62. The van der Waals surface area contributed by atoms with Crippen molar-refractivity contribution in [2.75, 3.05) is 0 Å². The van der Waals surface area contributed by atoms with Crippen LogP contribution in [0.15, 0.2) is 41.6 Å². The number of rotatable bonds is 5. The van der Waals surface area contributed by atoms with Gasteiger partial charge in [-0.25, -0.2) is 0 Å². The van der Waals surface area contributed by atoms with Crippen LogP contribution in [0.1, 0.15) is 20.8 Å². The van der Waals surface area contributed by atoms with Gasteiger partial charge in [0, 0.05) is 12.5 Å². The van der Waals surface area contributed by atoms with E-state index in [4.69, 9.17) is 4.74 Å². The highest BCUT2D eigenvalue weighted by molar-refractivity contribution is 6.94. The van der Waals surface area contributed by atoms with Crippen molar-refractivity contribution in [2.24, 2.45) is 0 Å². The molecule has 0 aromatic heterocycles. The van der Waals surface area contributed by atoms with E-state index in [1.807, 2.05) is 23.9 Å². The third-order valence-corrected chi connectivity index (χ3v) is 6.11. The van der Waals surface area contributed by atoms with Gasteiger partial charge in [-0.15, -0.1) is 0 Å². The monoisotopic (exact) mass is 290 g/mol. The average molecular weight is 290 g/mol. The lowest BCUT2D eigenvalue weighted by Gasteiger charge is -2.28. The number of hydrogen-bond donors (Lipinski definition) is 0. The molecular weight excluding hydrogens is 268 g/mol. The summed E-state index contributed by atoms with van der Waals surface area (Å²) in [6.45, 7) is 9.16. The molecule has 1 rings (SSSR count). The molecule has 0 unspecified atom stereocenters. The van der Waals surface area contributed by atoms with Crippen LogP contribution in [0.25, 0.3) is 0 Å². The van der Waals surface area contributed by atoms with Crippen molar-refractivity contribution in [3.8, 4) is 0 Å². The first-order valence-corrected chi connectivity index (χ1v) is 9.70. The van der Waals surface area contributed by atoms with Crippen molar-refractivity contribution in [2.45, 2.75) is 39.5 Å². The van der Waals surface area contributed by atoms with Gasteiger partial charge in [-0.3, -0.25) is 9.59 Å². The molecule has 0 fully saturated rings. The molecule has 0 radical (unpaired) electrons. The number of esters is 1. The van der Waals surface area contributed by atoms with Crippen molar-refractivity contribution < 1.29 is 14.3 Å². The van der Waals surface area contributed by atoms with Crippen LogP contribution in [0.4, 0.5) is 0 Å². The molecule has 0 aliphatic heterocycles. The molecule has 1 aromatic carbocycles. The van der Waals surface area contributed by atoms with Gasteiger partial charge in [-0.2, -0.15) is 0 Å². The highest BCUT2D eigenvalue weighted by atomic mass is 28.3. The molecule has 0 spiro atoms. The first-order valence-electron chi connectivity index (χ1n) is 6.62. The molecule has 0 atom stereocenters. The number of carbonyl (C=O) groups is 2. The maximum absolute atomic E-state index is 11.4. The van der Waals surface area contributed by atoms with Crippen molar-refractivity contribution in [3.05, 3.63) is 41.6 Å². The Balaban J connectivity index is 3.17. The lowest BCUT2D eigenvalue weighted by atomic mass is 10.0. The van der Waals surface area contributed by atoms with Crippen LogP contribution in [0.3, 0.4) is 0 Å². The number of aldehydes is 1. The summed E-state index contributed by atoms with van der Waals surface area (Å²) in [4.78, 5) is 22.6. The van der Waals surface area contributed by atoms with Crippen LogP contribution in [-0.4, -0.2) is 25.9 Å². The minimum atomic E-state index is -1.91. The van der Waals surface area contributed by atoms with E-state index in [0.29, 0.717) is 5.57 Å². The zero-order valence-electron chi connectivity index (χ0n) is 12.8. The fraction of sp³-hybridized carbons (Fsp3) is 0.375. The quantitative estimate of drug-likeness (QED) is 0.362. The van der Waals surface area contributed by atoms with Crippen LogP contribution in [0, 0.1) is 0 Å². The van der Waals surface area contributed by atoms with Gasteiger partial charge in [0.15, 0.2) is 0 Å². The van der Waals surface area contributed by atoms with Crippen LogP contribution in [-0.2, 0) is 14.3 Å². The Labute approximate surface area is 121 Å². The summed E-state index contributed by atoms with van der Waals surface area (Å²) in [7, 11) is -1.91. The Hall–Kier alpha value is -1.68. The highest BCUT2D eigenvalue weighted by Crippen LogP contribution is 2.22. The lowest BCUT2D eigenvalue weighted by molar-refractivity contribution is -0.150. The molecule has 0 bridgehead atoms. The molecule has 1 aromatic rings. The van der Waals surface area contributed by atoms with E-state index in [9.17, 15) is 9.59 Å². The summed E-state index contributed by atoms with van der Waals surface area (Å²) in [6, 6.07) is 10.1. The third kappa shape index (κ3) is 4.16. The second kappa shape index (κ2) is 6.18. The van der Waals surface area contributed by atoms with Crippen LogP contribution in [0.5, 0.6) is 0 Å². The molecular formula is C16H22O3Si. The van der Waals surface area contributed by atoms with Gasteiger partial charge in [-0.1, -0.05) is 54.3 Å². The number of ether oxygens (including phenoxy) is 1. The molecule has 108 valence electrons. The Bertz CT molecular complexity index is 516. The van der Waals surface area contributed by atoms with E-state index in [-0.39, 0.29) is 5.97 Å². The van der Waals surface area contributed by atoms with Gasteiger partial charge < -0.3 is 4.74 Å². The summed E-state index contributed by atoms with van der Waals surface area (Å²) in [5, 5.41) is 1.23. The molecule has 0 heterocycles. The van der Waals surface area contributed by atoms with E-state index in [1.54, 1.807) is 13.8 Å². The van der Waals surface area contributed by atoms with E-state index < -0.39 is 13.7 Å². The Morgan fingerprint density at radius 2 is 1.75 bits per heavy atom. The van der Waals surface area contributed by atoms with Crippen molar-refractivity contribution in [1.29, 1.82) is 0 Å². The van der Waals surface area contributed by atoms with E-state index in [1.165, 1.54) is 12.1 Å². The zero-order valence-corrected chi connectivity index (χ0v) is 13.8. The second-order valence-electron chi connectivity index (χ2n) is 5.91. The van der Waals surface area contributed by atoms with Crippen LogP contribution in [0.2, 0.25) is 13.1 Å². The standard InChI is InChI=1S/C16H22O3Si/c1-13(18)19-16(2,3)14(11-17)12-20(4,5)15-9-7-6-8-10-15/h6-12H,1-5H3/b14-12+. The second-order valence-corrected chi connectivity index (χ2v) is 10.2. The van der Waals surface area contributed by atoms with Gasteiger partial charge in [0.2, 0.25) is 0 Å². The van der Waals surface area contributed by atoms with Gasteiger partial charge in [-0.05, 0) is 13.8 Å². The van der Waals surface area contributed by atoms with Gasteiger partial charge in [0.05, 0.1) is 0 Å². The Morgan fingerprint density at radius 3 is 2.20 bits per heavy atom. The van der Waals surface area contributed by atoms with Crippen molar-refractivity contribution in [1.82, 2.24) is 0 Å². The van der Waals surface area contributed by atoms with E-state index >= 15 is 0 Å². The number of hydrogen-bond acceptors (Lipinski definition) is 3. The predicted molar refractivity (Wildman–Crippen MR) is 83.6 cm³/mol. The molecule has 0 aliphatic carbocycles. The number of benzene rings is 1. The third-order valence-electron chi connectivity index (χ3n) is 3.26. The number of carbonyl (C=O) groups excluding carboxylic acids is 2. The smallest absolute Gasteiger partial charge is 0.303 e. The molecule has 0 saturated carbocycles. The van der Waals surface area contributed by atoms with Crippen LogP contribution < -0.4 is 5.19 Å². The molecule has 0 saturated heterocycles. The summed E-state index contributed by atoms with van der Waals surface area (Å²) in [5.74, 6) is -0.387. The minimum absolute atomic E-state index is 0.387. The highest BCUT2D eigenvalue weighted by Gasteiger charge is 2.30. The topological polar surface area (TPSA) is 43.4 Å². The average Bonchev–Trinajstić information content (AvgIpc) is 2.35. The van der Waals surface area contributed by atoms with E-state index in [0.717, 1.165) is 6.29 Å². The molecule has 3 nitrogen and oxygen atoms in total. The van der Waals surface area contributed by atoms with Crippen LogP contribution >= 0.6 is 0 Å². The van der Waals surface area contributed by atoms with E-state index in [2.05, 4.69) is 25.2 Å². The summed E-state index contributed by atoms with van der Waals surface area (Å²) in [6.07, 6.45) is 0.792. The summed E-state index contributed by atoms with van der Waals surface area (Å²) >= 11 is 0. The fourth-order valence-electron chi connectivity index (χ4n) is 2.11. The molecule has 0 amide bonds. The first kappa shape index (κ1) is 16.4. The molecule has 0 aliphatic rings. The molecule has 0 N–H and O–H groups in total. The van der Waals surface area contributed by atoms with Crippen molar-refractivity contribution >= 4 is 25.5 Å². The van der Waals surface area contributed by atoms with Gasteiger partial charge in [0.25, 0.3) is 0 Å². The molecule has 20 heavy (non-hydrogen) atoms.